The lowest BCUT2D eigenvalue weighted by atomic mass is 9.76. The molecule has 0 aromatic heterocycles. The number of benzene rings is 2. The van der Waals surface area contributed by atoms with Gasteiger partial charge in [0.1, 0.15) is 5.54 Å². The fourth-order valence-corrected chi connectivity index (χ4v) is 6.00. The van der Waals surface area contributed by atoms with Crippen molar-refractivity contribution in [3.63, 3.8) is 0 Å². The molecule has 3 aliphatic heterocycles. The molecule has 3 amide bonds. The van der Waals surface area contributed by atoms with Gasteiger partial charge in [-0.25, -0.2) is 0 Å². The van der Waals surface area contributed by atoms with E-state index < -0.39 is 41.2 Å². The fourth-order valence-electron chi connectivity index (χ4n) is 6.00. The number of hydrogen-bond acceptors (Lipinski definition) is 7. The average Bonchev–Trinajstić information content (AvgIpc) is 3.45. The highest BCUT2D eigenvalue weighted by Gasteiger charge is 2.70. The van der Waals surface area contributed by atoms with Gasteiger partial charge < -0.3 is 19.9 Å². The SMILES string of the molecule is COc1ccc(CCN2C(=O)C3C(CCC(=O)O)NC4(C(=O)Nc5ccc(C)cc54)C3C2=O)cc1OC. The number of likely N-dealkylation sites (tertiary alicyclic amines) is 1. The van der Waals surface area contributed by atoms with Gasteiger partial charge in [-0.3, -0.25) is 29.4 Å². The zero-order valence-corrected chi connectivity index (χ0v) is 20.9. The maximum atomic E-state index is 13.9. The van der Waals surface area contributed by atoms with Crippen molar-refractivity contribution in [1.29, 1.82) is 0 Å². The summed E-state index contributed by atoms with van der Waals surface area (Å²) in [6.45, 7) is 2.02. The topological polar surface area (TPSA) is 134 Å². The van der Waals surface area contributed by atoms with Crippen molar-refractivity contribution in [3.05, 3.63) is 53.1 Å². The number of fused-ring (bicyclic) bond motifs is 4. The molecule has 0 bridgehead atoms. The number of carboxylic acid groups (broad SMARTS) is 1. The van der Waals surface area contributed by atoms with Gasteiger partial charge in [0.05, 0.1) is 26.1 Å². The molecule has 2 aromatic rings. The molecule has 4 atom stereocenters. The molecule has 4 unspecified atom stereocenters. The van der Waals surface area contributed by atoms with Crippen molar-refractivity contribution in [2.24, 2.45) is 11.8 Å². The molecule has 3 aliphatic rings. The van der Waals surface area contributed by atoms with Crippen molar-refractivity contribution >= 4 is 29.4 Å². The van der Waals surface area contributed by atoms with Gasteiger partial charge in [0.15, 0.2) is 11.5 Å². The fraction of sp³-hybridized carbons (Fsp3) is 0.407. The van der Waals surface area contributed by atoms with E-state index in [0.29, 0.717) is 29.2 Å². The van der Waals surface area contributed by atoms with Gasteiger partial charge >= 0.3 is 5.97 Å². The van der Waals surface area contributed by atoms with E-state index >= 15 is 0 Å². The molecule has 2 fully saturated rings. The van der Waals surface area contributed by atoms with Crippen LogP contribution in [0.2, 0.25) is 0 Å². The molecule has 3 heterocycles. The molecule has 10 heteroatoms. The summed E-state index contributed by atoms with van der Waals surface area (Å²) in [6, 6.07) is 10.3. The second-order valence-electron chi connectivity index (χ2n) is 9.77. The van der Waals surface area contributed by atoms with E-state index in [0.717, 1.165) is 11.1 Å². The zero-order valence-electron chi connectivity index (χ0n) is 20.9. The number of rotatable bonds is 8. The Balaban J connectivity index is 1.48. The number of aliphatic carboxylic acids is 1. The van der Waals surface area contributed by atoms with E-state index in [9.17, 15) is 24.3 Å². The molecule has 0 aliphatic carbocycles. The first-order valence-corrected chi connectivity index (χ1v) is 12.2. The third kappa shape index (κ3) is 3.83. The Bertz CT molecular complexity index is 1310. The van der Waals surface area contributed by atoms with E-state index in [-0.39, 0.29) is 25.3 Å². The monoisotopic (exact) mass is 507 g/mol. The second kappa shape index (κ2) is 9.19. The van der Waals surface area contributed by atoms with Crippen LogP contribution in [-0.4, -0.2) is 60.5 Å². The minimum atomic E-state index is -1.43. The Morgan fingerprint density at radius 1 is 1.05 bits per heavy atom. The Morgan fingerprint density at radius 3 is 2.51 bits per heavy atom. The van der Waals surface area contributed by atoms with Crippen LogP contribution in [0.15, 0.2) is 36.4 Å². The predicted molar refractivity (Wildman–Crippen MR) is 132 cm³/mol. The van der Waals surface area contributed by atoms with Crippen LogP contribution in [0.25, 0.3) is 0 Å². The Kier molecular flexibility index (Phi) is 6.15. The van der Waals surface area contributed by atoms with Gasteiger partial charge in [0, 0.05) is 30.3 Å². The number of nitrogens with zero attached hydrogens (tertiary/aromatic N) is 1. The van der Waals surface area contributed by atoms with Crippen molar-refractivity contribution in [3.8, 4) is 11.5 Å². The largest absolute Gasteiger partial charge is 0.493 e. The van der Waals surface area contributed by atoms with E-state index in [1.165, 1.54) is 12.0 Å². The van der Waals surface area contributed by atoms with Crippen LogP contribution in [-0.2, 0) is 31.1 Å². The average molecular weight is 508 g/mol. The van der Waals surface area contributed by atoms with E-state index in [2.05, 4.69) is 10.6 Å². The quantitative estimate of drug-likeness (QED) is 0.461. The number of imide groups is 1. The zero-order chi connectivity index (χ0) is 26.5. The number of aryl methyl sites for hydroxylation is 1. The smallest absolute Gasteiger partial charge is 0.303 e. The van der Waals surface area contributed by atoms with Gasteiger partial charge in [-0.15, -0.1) is 0 Å². The van der Waals surface area contributed by atoms with Gasteiger partial charge in [-0.1, -0.05) is 23.8 Å². The number of amides is 3. The van der Waals surface area contributed by atoms with Crippen LogP contribution in [0.5, 0.6) is 11.5 Å². The normalized spacial score (nSPS) is 25.9. The second-order valence-corrected chi connectivity index (χ2v) is 9.77. The number of methoxy groups -OCH3 is 2. The molecule has 0 radical (unpaired) electrons. The first kappa shape index (κ1) is 24.8. The molecule has 10 nitrogen and oxygen atoms in total. The van der Waals surface area contributed by atoms with Crippen LogP contribution in [0, 0.1) is 18.8 Å². The maximum absolute atomic E-state index is 13.9. The number of carbonyl (C=O) groups is 4. The van der Waals surface area contributed by atoms with Crippen LogP contribution in [0.4, 0.5) is 5.69 Å². The summed E-state index contributed by atoms with van der Waals surface area (Å²) in [7, 11) is 3.08. The molecule has 1 spiro atoms. The summed E-state index contributed by atoms with van der Waals surface area (Å²) in [5.74, 6) is -2.90. The summed E-state index contributed by atoms with van der Waals surface area (Å²) in [5.41, 5.74) is 1.53. The number of ether oxygens (including phenoxy) is 2. The van der Waals surface area contributed by atoms with Crippen LogP contribution < -0.4 is 20.1 Å². The number of carbonyl (C=O) groups excluding carboxylic acids is 3. The number of hydrogen-bond donors (Lipinski definition) is 3. The first-order valence-electron chi connectivity index (χ1n) is 12.2. The van der Waals surface area contributed by atoms with Crippen molar-refractivity contribution < 1.29 is 33.8 Å². The highest BCUT2D eigenvalue weighted by Crippen LogP contribution is 2.53. The first-order chi connectivity index (χ1) is 17.7. The number of nitrogens with one attached hydrogen (secondary N) is 2. The predicted octanol–water partition coefficient (Wildman–Crippen LogP) is 1.84. The molecule has 2 saturated heterocycles. The third-order valence-electron chi connectivity index (χ3n) is 7.70. The molecule has 194 valence electrons. The Labute approximate surface area is 213 Å². The Morgan fingerprint density at radius 2 is 1.81 bits per heavy atom. The lowest BCUT2D eigenvalue weighted by Gasteiger charge is -2.29. The molecule has 37 heavy (non-hydrogen) atoms. The van der Waals surface area contributed by atoms with Crippen molar-refractivity contribution in [2.45, 2.75) is 37.8 Å². The third-order valence-corrected chi connectivity index (χ3v) is 7.70. The van der Waals surface area contributed by atoms with E-state index in [1.54, 1.807) is 25.3 Å². The lowest BCUT2D eigenvalue weighted by molar-refractivity contribution is -0.143. The highest BCUT2D eigenvalue weighted by molar-refractivity contribution is 6.15. The van der Waals surface area contributed by atoms with E-state index in [4.69, 9.17) is 9.47 Å². The standard InChI is InChI=1S/C27H29N3O7/c1-14-4-6-17-16(12-14)27(26(35)28-17)23-22(18(29-27)7-9-21(31)32)24(33)30(25(23)34)11-10-15-5-8-19(36-2)20(13-15)37-3/h4-6,8,12-13,18,22-23,29H,7,9-11H2,1-3H3,(H,28,35)(H,31,32). The minimum Gasteiger partial charge on any atom is -0.493 e. The number of carboxylic acids is 1. The molecule has 5 rings (SSSR count). The Hall–Kier alpha value is -3.92. The van der Waals surface area contributed by atoms with E-state index in [1.807, 2.05) is 25.1 Å². The molecular formula is C27H29N3O7. The minimum absolute atomic E-state index is 0.120. The van der Waals surface area contributed by atoms with Gasteiger partial charge in [0.2, 0.25) is 17.7 Å². The molecule has 2 aromatic carbocycles. The molecular weight excluding hydrogens is 478 g/mol. The summed E-state index contributed by atoms with van der Waals surface area (Å²) >= 11 is 0. The van der Waals surface area contributed by atoms with Crippen LogP contribution in [0.1, 0.15) is 29.5 Å². The van der Waals surface area contributed by atoms with Gasteiger partial charge in [0.25, 0.3) is 0 Å². The number of anilines is 1. The highest BCUT2D eigenvalue weighted by atomic mass is 16.5. The van der Waals surface area contributed by atoms with Crippen molar-refractivity contribution in [2.75, 3.05) is 26.1 Å². The lowest BCUT2D eigenvalue weighted by Crippen LogP contribution is -2.53. The van der Waals surface area contributed by atoms with Gasteiger partial charge in [-0.2, -0.15) is 0 Å². The van der Waals surface area contributed by atoms with Crippen LogP contribution >= 0.6 is 0 Å². The molecule has 0 saturated carbocycles. The summed E-state index contributed by atoms with van der Waals surface area (Å²) in [5, 5.41) is 15.4. The summed E-state index contributed by atoms with van der Waals surface area (Å²) in [6.07, 6.45) is 0.320. The van der Waals surface area contributed by atoms with Crippen molar-refractivity contribution in [1.82, 2.24) is 10.2 Å². The summed E-state index contributed by atoms with van der Waals surface area (Å²) in [4.78, 5) is 53.6. The molecule has 3 N–H and O–H groups in total. The maximum Gasteiger partial charge on any atom is 0.303 e. The van der Waals surface area contributed by atoms with Crippen LogP contribution in [0.3, 0.4) is 0 Å². The summed E-state index contributed by atoms with van der Waals surface area (Å²) < 4.78 is 10.6. The van der Waals surface area contributed by atoms with Gasteiger partial charge in [-0.05, 0) is 43.5 Å².